The SMILES string of the molecule is CCC(CO)(CO)NC(=O)c1ccc(Br)cc1O. The Morgan fingerprint density at radius 2 is 2.00 bits per heavy atom. The van der Waals surface area contributed by atoms with Crippen LogP contribution in [0.1, 0.15) is 23.7 Å². The summed E-state index contributed by atoms with van der Waals surface area (Å²) in [5.74, 6) is -0.701. The van der Waals surface area contributed by atoms with Crippen molar-refractivity contribution in [2.75, 3.05) is 13.2 Å². The Labute approximate surface area is 114 Å². The number of amides is 1. The van der Waals surface area contributed by atoms with Crippen molar-refractivity contribution in [2.45, 2.75) is 18.9 Å². The van der Waals surface area contributed by atoms with Crippen molar-refractivity contribution < 1.29 is 20.1 Å². The number of benzene rings is 1. The van der Waals surface area contributed by atoms with Gasteiger partial charge in [0.1, 0.15) is 5.75 Å². The summed E-state index contributed by atoms with van der Waals surface area (Å²) in [5, 5.41) is 30.7. The van der Waals surface area contributed by atoms with Gasteiger partial charge < -0.3 is 20.6 Å². The van der Waals surface area contributed by atoms with E-state index in [-0.39, 0.29) is 24.5 Å². The van der Waals surface area contributed by atoms with E-state index < -0.39 is 11.4 Å². The molecule has 0 radical (unpaired) electrons. The van der Waals surface area contributed by atoms with E-state index in [1.165, 1.54) is 12.1 Å². The molecule has 1 amide bonds. The van der Waals surface area contributed by atoms with Crippen molar-refractivity contribution in [3.63, 3.8) is 0 Å². The predicted molar refractivity (Wildman–Crippen MR) is 70.5 cm³/mol. The van der Waals surface area contributed by atoms with Crippen LogP contribution in [0.25, 0.3) is 0 Å². The maximum Gasteiger partial charge on any atom is 0.255 e. The summed E-state index contributed by atoms with van der Waals surface area (Å²) in [6, 6.07) is 4.49. The smallest absolute Gasteiger partial charge is 0.255 e. The largest absolute Gasteiger partial charge is 0.507 e. The molecule has 18 heavy (non-hydrogen) atoms. The summed E-state index contributed by atoms with van der Waals surface area (Å²) in [5.41, 5.74) is -0.978. The molecule has 0 saturated carbocycles. The van der Waals surface area contributed by atoms with Gasteiger partial charge in [-0.05, 0) is 24.6 Å². The first-order valence-corrected chi connectivity index (χ1v) is 6.30. The second-order valence-electron chi connectivity index (χ2n) is 4.07. The van der Waals surface area contributed by atoms with E-state index in [9.17, 15) is 20.1 Å². The molecule has 0 aliphatic rings. The van der Waals surface area contributed by atoms with Crippen LogP contribution in [-0.2, 0) is 0 Å². The number of rotatable bonds is 5. The summed E-state index contributed by atoms with van der Waals surface area (Å²) >= 11 is 3.18. The number of aliphatic hydroxyl groups is 2. The lowest BCUT2D eigenvalue weighted by atomic mass is 9.97. The highest BCUT2D eigenvalue weighted by Gasteiger charge is 2.29. The van der Waals surface area contributed by atoms with Crippen molar-refractivity contribution in [1.82, 2.24) is 5.32 Å². The maximum atomic E-state index is 12.0. The predicted octanol–water partition coefficient (Wildman–Crippen LogP) is 1.02. The molecule has 0 aromatic heterocycles. The monoisotopic (exact) mass is 317 g/mol. The minimum Gasteiger partial charge on any atom is -0.507 e. The number of carbonyl (C=O) groups excluding carboxylic acids is 1. The number of phenols is 1. The molecule has 0 saturated heterocycles. The summed E-state index contributed by atoms with van der Waals surface area (Å²) < 4.78 is 0.655. The van der Waals surface area contributed by atoms with Crippen LogP contribution in [0.15, 0.2) is 22.7 Å². The fourth-order valence-corrected chi connectivity index (χ4v) is 1.80. The maximum absolute atomic E-state index is 12.0. The zero-order valence-electron chi connectivity index (χ0n) is 9.98. The molecule has 6 heteroatoms. The van der Waals surface area contributed by atoms with Gasteiger partial charge >= 0.3 is 0 Å². The third-order valence-electron chi connectivity index (χ3n) is 2.87. The summed E-state index contributed by atoms with van der Waals surface area (Å²) in [6.07, 6.45) is 0.378. The molecule has 5 nitrogen and oxygen atoms in total. The molecule has 0 aliphatic carbocycles. The average molecular weight is 318 g/mol. The highest BCUT2D eigenvalue weighted by Crippen LogP contribution is 2.23. The second-order valence-corrected chi connectivity index (χ2v) is 4.98. The summed E-state index contributed by atoms with van der Waals surface area (Å²) in [7, 11) is 0. The van der Waals surface area contributed by atoms with E-state index in [4.69, 9.17) is 0 Å². The molecule has 1 rings (SSSR count). The zero-order valence-corrected chi connectivity index (χ0v) is 11.6. The third-order valence-corrected chi connectivity index (χ3v) is 3.36. The lowest BCUT2D eigenvalue weighted by Crippen LogP contribution is -2.53. The number of halogens is 1. The average Bonchev–Trinajstić information content (AvgIpc) is 2.36. The van der Waals surface area contributed by atoms with Crippen LogP contribution in [0.4, 0.5) is 0 Å². The van der Waals surface area contributed by atoms with E-state index in [0.29, 0.717) is 10.9 Å². The number of aliphatic hydroxyl groups excluding tert-OH is 2. The van der Waals surface area contributed by atoms with Crippen molar-refractivity contribution in [3.05, 3.63) is 28.2 Å². The second kappa shape index (κ2) is 6.17. The van der Waals surface area contributed by atoms with E-state index in [0.717, 1.165) is 0 Å². The van der Waals surface area contributed by atoms with Crippen molar-refractivity contribution in [1.29, 1.82) is 0 Å². The Kier molecular flexibility index (Phi) is 5.13. The van der Waals surface area contributed by atoms with Gasteiger partial charge in [0.25, 0.3) is 5.91 Å². The molecule has 0 aliphatic heterocycles. The standard InChI is InChI=1S/C12H16BrNO4/c1-2-12(6-15,7-16)14-11(18)9-4-3-8(13)5-10(9)17/h3-5,15-17H,2,6-7H2,1H3,(H,14,18). The highest BCUT2D eigenvalue weighted by atomic mass is 79.9. The van der Waals surface area contributed by atoms with Crippen LogP contribution in [0.5, 0.6) is 5.75 Å². The van der Waals surface area contributed by atoms with Crippen molar-refractivity contribution in [2.24, 2.45) is 0 Å². The normalized spacial score (nSPS) is 11.3. The molecule has 100 valence electrons. The lowest BCUT2D eigenvalue weighted by Gasteiger charge is -2.29. The number of hydrogen-bond donors (Lipinski definition) is 4. The van der Waals surface area contributed by atoms with Crippen molar-refractivity contribution in [3.8, 4) is 5.75 Å². The molecule has 1 aromatic carbocycles. The van der Waals surface area contributed by atoms with E-state index in [1.54, 1.807) is 13.0 Å². The number of hydrogen-bond acceptors (Lipinski definition) is 4. The van der Waals surface area contributed by atoms with Gasteiger partial charge in [-0.2, -0.15) is 0 Å². The van der Waals surface area contributed by atoms with E-state index in [1.807, 2.05) is 0 Å². The minimum absolute atomic E-state index is 0.0953. The molecule has 0 atom stereocenters. The fourth-order valence-electron chi connectivity index (χ4n) is 1.45. The molecule has 0 spiro atoms. The Morgan fingerprint density at radius 3 is 2.44 bits per heavy atom. The molecule has 4 N–H and O–H groups in total. The van der Waals surface area contributed by atoms with E-state index in [2.05, 4.69) is 21.2 Å². The molecule has 0 bridgehead atoms. The highest BCUT2D eigenvalue weighted by molar-refractivity contribution is 9.10. The zero-order chi connectivity index (χ0) is 13.8. The summed E-state index contributed by atoms with van der Waals surface area (Å²) in [6.45, 7) is 1.00. The Bertz CT molecular complexity index is 424. The van der Waals surface area contributed by atoms with Crippen LogP contribution >= 0.6 is 15.9 Å². The van der Waals surface area contributed by atoms with E-state index >= 15 is 0 Å². The van der Waals surface area contributed by atoms with Gasteiger partial charge in [-0.3, -0.25) is 4.79 Å². The van der Waals surface area contributed by atoms with Crippen LogP contribution in [-0.4, -0.2) is 40.0 Å². The Balaban J connectivity index is 2.94. The molecule has 0 heterocycles. The third kappa shape index (κ3) is 3.22. The lowest BCUT2D eigenvalue weighted by molar-refractivity contribution is 0.0651. The molecular weight excluding hydrogens is 302 g/mol. The van der Waals surface area contributed by atoms with Crippen LogP contribution < -0.4 is 5.32 Å². The van der Waals surface area contributed by atoms with Crippen molar-refractivity contribution >= 4 is 21.8 Å². The number of carbonyl (C=O) groups is 1. The van der Waals surface area contributed by atoms with Gasteiger partial charge in [0.05, 0.1) is 24.3 Å². The topological polar surface area (TPSA) is 89.8 Å². The first kappa shape index (κ1) is 14.9. The van der Waals surface area contributed by atoms with Gasteiger partial charge in [0, 0.05) is 4.47 Å². The van der Waals surface area contributed by atoms with Gasteiger partial charge in [0.15, 0.2) is 0 Å². The van der Waals surface area contributed by atoms with Gasteiger partial charge in [-0.1, -0.05) is 22.9 Å². The van der Waals surface area contributed by atoms with Gasteiger partial charge in [-0.25, -0.2) is 0 Å². The first-order valence-electron chi connectivity index (χ1n) is 5.50. The number of aromatic hydroxyl groups is 1. The van der Waals surface area contributed by atoms with Crippen LogP contribution in [0.2, 0.25) is 0 Å². The minimum atomic E-state index is -1.07. The summed E-state index contributed by atoms with van der Waals surface area (Å²) in [4.78, 5) is 12.0. The fraction of sp³-hybridized carbons (Fsp3) is 0.417. The number of nitrogens with one attached hydrogen (secondary N) is 1. The van der Waals surface area contributed by atoms with Crippen LogP contribution in [0, 0.1) is 0 Å². The molecule has 0 unspecified atom stereocenters. The molecule has 1 aromatic rings. The van der Waals surface area contributed by atoms with Gasteiger partial charge in [-0.15, -0.1) is 0 Å². The number of phenolic OH excluding ortho intramolecular Hbond substituents is 1. The quantitative estimate of drug-likeness (QED) is 0.652. The molecular formula is C12H16BrNO4. The Hall–Kier alpha value is -1.11. The Morgan fingerprint density at radius 1 is 1.39 bits per heavy atom. The molecule has 0 fully saturated rings. The van der Waals surface area contributed by atoms with Crippen LogP contribution in [0.3, 0.4) is 0 Å². The first-order chi connectivity index (χ1) is 8.48. The van der Waals surface area contributed by atoms with Gasteiger partial charge in [0.2, 0.25) is 0 Å².